The van der Waals surface area contributed by atoms with Gasteiger partial charge in [0.15, 0.2) is 0 Å². The summed E-state index contributed by atoms with van der Waals surface area (Å²) < 4.78 is 0. The summed E-state index contributed by atoms with van der Waals surface area (Å²) in [5.41, 5.74) is 0.951. The van der Waals surface area contributed by atoms with E-state index in [9.17, 15) is 15.0 Å². The summed E-state index contributed by atoms with van der Waals surface area (Å²) in [4.78, 5) is 13.0. The molecule has 2 atom stereocenters. The molecule has 0 radical (unpaired) electrons. The Hall–Kier alpha value is -1.43. The third-order valence-corrected chi connectivity index (χ3v) is 4.73. The van der Waals surface area contributed by atoms with E-state index in [1.54, 1.807) is 12.1 Å². The number of benzene rings is 1. The fourth-order valence-corrected chi connectivity index (χ4v) is 3.28. The van der Waals surface area contributed by atoms with Crippen LogP contribution in [0, 0.1) is 5.41 Å². The summed E-state index contributed by atoms with van der Waals surface area (Å²) in [7, 11) is 0. The molecule has 1 aromatic carbocycles. The number of aromatic carboxylic acids is 1. The van der Waals surface area contributed by atoms with Gasteiger partial charge in [0.1, 0.15) is 0 Å². The second-order valence-electron chi connectivity index (χ2n) is 6.27. The van der Waals surface area contributed by atoms with Gasteiger partial charge in [0.05, 0.1) is 18.3 Å². The number of carbonyl (C=O) groups is 1. The van der Waals surface area contributed by atoms with Gasteiger partial charge in [-0.1, -0.05) is 25.5 Å². The number of hydrogen-bond acceptors (Lipinski definition) is 4. The summed E-state index contributed by atoms with van der Waals surface area (Å²) in [5.74, 6) is -0.924. The maximum Gasteiger partial charge on any atom is 0.335 e. The van der Waals surface area contributed by atoms with E-state index in [-0.39, 0.29) is 17.6 Å². The van der Waals surface area contributed by atoms with Crippen LogP contribution in [-0.4, -0.2) is 52.0 Å². The van der Waals surface area contributed by atoms with Crippen molar-refractivity contribution in [3.8, 4) is 0 Å². The quantitative estimate of drug-likeness (QED) is 0.746. The first-order chi connectivity index (χ1) is 10.5. The van der Waals surface area contributed by atoms with Crippen molar-refractivity contribution >= 4 is 5.97 Å². The number of aliphatic hydroxyl groups excluding tert-OH is 2. The molecule has 5 heteroatoms. The Morgan fingerprint density at radius 1 is 1.36 bits per heavy atom. The zero-order chi connectivity index (χ0) is 16.2. The Balaban J connectivity index is 1.97. The van der Waals surface area contributed by atoms with Crippen LogP contribution in [0.15, 0.2) is 24.3 Å². The Morgan fingerprint density at radius 2 is 2.05 bits per heavy atom. The number of aliphatic hydroxyl groups is 2. The highest BCUT2D eigenvalue weighted by atomic mass is 16.4. The molecule has 122 valence electrons. The van der Waals surface area contributed by atoms with Gasteiger partial charge < -0.3 is 15.3 Å². The lowest BCUT2D eigenvalue weighted by Gasteiger charge is -2.44. The third-order valence-electron chi connectivity index (χ3n) is 4.73. The molecule has 1 heterocycles. The van der Waals surface area contributed by atoms with Crippen LogP contribution in [-0.2, 0) is 6.54 Å². The first kappa shape index (κ1) is 16.9. The lowest BCUT2D eigenvalue weighted by Crippen LogP contribution is -2.52. The van der Waals surface area contributed by atoms with Crippen LogP contribution in [0.3, 0.4) is 0 Å². The van der Waals surface area contributed by atoms with Crippen molar-refractivity contribution < 1.29 is 20.1 Å². The molecule has 0 aromatic heterocycles. The van der Waals surface area contributed by atoms with Gasteiger partial charge in [0.25, 0.3) is 0 Å². The molecule has 22 heavy (non-hydrogen) atoms. The SMILES string of the molecule is CCC[C@]1(CO)CCN(Cc2ccc(C(=O)O)cc2)C[C@H]1O. The van der Waals surface area contributed by atoms with Gasteiger partial charge in [-0.2, -0.15) is 0 Å². The zero-order valence-electron chi connectivity index (χ0n) is 13.0. The number of nitrogens with zero attached hydrogens (tertiary/aromatic N) is 1. The van der Waals surface area contributed by atoms with E-state index in [4.69, 9.17) is 5.11 Å². The molecule has 5 nitrogen and oxygen atoms in total. The van der Waals surface area contributed by atoms with Crippen molar-refractivity contribution in [1.82, 2.24) is 4.90 Å². The van der Waals surface area contributed by atoms with E-state index in [1.807, 2.05) is 12.1 Å². The first-order valence-corrected chi connectivity index (χ1v) is 7.84. The van der Waals surface area contributed by atoms with Crippen LogP contribution in [0.2, 0.25) is 0 Å². The van der Waals surface area contributed by atoms with Crippen molar-refractivity contribution in [3.05, 3.63) is 35.4 Å². The Kier molecular flexibility index (Phi) is 5.56. The van der Waals surface area contributed by atoms with Crippen LogP contribution in [0.4, 0.5) is 0 Å². The topological polar surface area (TPSA) is 81.0 Å². The van der Waals surface area contributed by atoms with Gasteiger partial charge >= 0.3 is 5.97 Å². The maximum atomic E-state index is 10.8. The first-order valence-electron chi connectivity index (χ1n) is 7.84. The van der Waals surface area contributed by atoms with E-state index >= 15 is 0 Å². The maximum absolute atomic E-state index is 10.8. The summed E-state index contributed by atoms with van der Waals surface area (Å²) in [6.45, 7) is 4.16. The van der Waals surface area contributed by atoms with E-state index < -0.39 is 12.1 Å². The molecule has 2 rings (SSSR count). The van der Waals surface area contributed by atoms with Crippen LogP contribution < -0.4 is 0 Å². The molecule has 1 aromatic rings. The Bertz CT molecular complexity index is 502. The lowest BCUT2D eigenvalue weighted by molar-refractivity contribution is -0.0802. The minimum Gasteiger partial charge on any atom is -0.478 e. The van der Waals surface area contributed by atoms with Gasteiger partial charge in [-0.25, -0.2) is 4.79 Å². The number of likely N-dealkylation sites (tertiary alicyclic amines) is 1. The van der Waals surface area contributed by atoms with Gasteiger partial charge in [0.2, 0.25) is 0 Å². The number of carboxylic acid groups (broad SMARTS) is 1. The molecule has 1 fully saturated rings. The highest BCUT2D eigenvalue weighted by Gasteiger charge is 2.40. The second kappa shape index (κ2) is 7.22. The lowest BCUT2D eigenvalue weighted by atomic mass is 9.73. The van der Waals surface area contributed by atoms with E-state index in [0.717, 1.165) is 31.4 Å². The number of carboxylic acids is 1. The van der Waals surface area contributed by atoms with Crippen LogP contribution >= 0.6 is 0 Å². The highest BCUT2D eigenvalue weighted by Crippen LogP contribution is 2.36. The number of rotatable bonds is 6. The second-order valence-corrected chi connectivity index (χ2v) is 6.27. The largest absolute Gasteiger partial charge is 0.478 e. The molecule has 1 aliphatic heterocycles. The van der Waals surface area contributed by atoms with E-state index in [0.29, 0.717) is 13.1 Å². The van der Waals surface area contributed by atoms with Gasteiger partial charge in [0, 0.05) is 18.5 Å². The van der Waals surface area contributed by atoms with Crippen molar-refractivity contribution in [2.45, 2.75) is 38.8 Å². The van der Waals surface area contributed by atoms with Gasteiger partial charge in [-0.3, -0.25) is 4.90 Å². The van der Waals surface area contributed by atoms with Crippen LogP contribution in [0.5, 0.6) is 0 Å². The van der Waals surface area contributed by atoms with Gasteiger partial charge in [-0.05, 0) is 37.1 Å². The van der Waals surface area contributed by atoms with Crippen molar-refractivity contribution in [2.24, 2.45) is 5.41 Å². The molecule has 1 saturated heterocycles. The van der Waals surface area contributed by atoms with Crippen LogP contribution in [0.25, 0.3) is 0 Å². The molecule has 0 saturated carbocycles. The molecule has 0 aliphatic carbocycles. The fourth-order valence-electron chi connectivity index (χ4n) is 3.28. The average molecular weight is 307 g/mol. The zero-order valence-corrected chi connectivity index (χ0v) is 13.0. The van der Waals surface area contributed by atoms with Crippen molar-refractivity contribution in [3.63, 3.8) is 0 Å². The van der Waals surface area contributed by atoms with Crippen molar-refractivity contribution in [1.29, 1.82) is 0 Å². The van der Waals surface area contributed by atoms with Crippen LogP contribution in [0.1, 0.15) is 42.1 Å². The molecule has 0 spiro atoms. The smallest absolute Gasteiger partial charge is 0.335 e. The molecular weight excluding hydrogens is 282 g/mol. The minimum atomic E-state index is -0.924. The predicted octanol–water partition coefficient (Wildman–Crippen LogP) is 1.73. The van der Waals surface area contributed by atoms with E-state index in [1.165, 1.54) is 0 Å². The average Bonchev–Trinajstić information content (AvgIpc) is 2.51. The molecule has 0 unspecified atom stereocenters. The van der Waals surface area contributed by atoms with Gasteiger partial charge in [-0.15, -0.1) is 0 Å². The number of β-amino-alcohol motifs (C(OH)–C–C–N with tert-alkyl or cyclic N) is 1. The molecule has 0 bridgehead atoms. The summed E-state index contributed by atoms with van der Waals surface area (Å²) in [6.07, 6.45) is 2.05. The summed E-state index contributed by atoms with van der Waals surface area (Å²) >= 11 is 0. The Labute approximate surface area is 131 Å². The standard InChI is InChI=1S/C17H25NO4/c1-2-7-17(12-19)8-9-18(11-15(17)20)10-13-3-5-14(6-4-13)16(21)22/h3-6,15,19-20H,2,7-12H2,1H3,(H,21,22)/t15-,17-/m1/s1. The normalized spacial score (nSPS) is 26.0. The Morgan fingerprint density at radius 3 is 2.55 bits per heavy atom. The predicted molar refractivity (Wildman–Crippen MR) is 83.7 cm³/mol. The summed E-state index contributed by atoms with van der Waals surface area (Å²) in [5, 5.41) is 29.0. The fraction of sp³-hybridized carbons (Fsp3) is 0.588. The highest BCUT2D eigenvalue weighted by molar-refractivity contribution is 5.87. The number of piperidine rings is 1. The monoisotopic (exact) mass is 307 g/mol. The molecule has 3 N–H and O–H groups in total. The summed E-state index contributed by atoms with van der Waals surface area (Å²) in [6, 6.07) is 6.84. The third kappa shape index (κ3) is 3.66. The molecule has 0 amide bonds. The molecule has 1 aliphatic rings. The van der Waals surface area contributed by atoms with E-state index in [2.05, 4.69) is 11.8 Å². The number of hydrogen-bond donors (Lipinski definition) is 3. The minimum absolute atomic E-state index is 0.0309. The van der Waals surface area contributed by atoms with Crippen molar-refractivity contribution in [2.75, 3.05) is 19.7 Å². The molecular formula is C17H25NO4.